The van der Waals surface area contributed by atoms with Crippen molar-refractivity contribution in [2.24, 2.45) is 5.73 Å². The number of β-amino-alcohol motifs (C(OH)–C–C–N with tert-alkyl or cyclic N) is 1. The first kappa shape index (κ1) is 13.9. The Kier molecular flexibility index (Phi) is 3.33. The number of hydrogen-bond acceptors (Lipinski definition) is 4. The van der Waals surface area contributed by atoms with Crippen molar-refractivity contribution in [2.45, 2.75) is 16.9 Å². The fourth-order valence-corrected chi connectivity index (χ4v) is 3.52. The van der Waals surface area contributed by atoms with E-state index in [9.17, 15) is 22.7 Å². The number of nitrogens with two attached hydrogens (primary N) is 1. The van der Waals surface area contributed by atoms with Crippen molar-refractivity contribution in [2.75, 3.05) is 13.1 Å². The molecule has 1 fully saturated rings. The zero-order valence-corrected chi connectivity index (χ0v) is 10.7. The second-order valence-electron chi connectivity index (χ2n) is 4.41. The molecule has 1 aliphatic rings. The van der Waals surface area contributed by atoms with E-state index in [1.165, 1.54) is 12.1 Å². The Hall–Kier alpha value is -1.51. The number of carbonyl (C=O) groups is 1. The first-order valence-electron chi connectivity index (χ1n) is 5.54. The molecule has 1 aromatic carbocycles. The van der Waals surface area contributed by atoms with Crippen molar-refractivity contribution in [3.8, 4) is 0 Å². The van der Waals surface area contributed by atoms with Gasteiger partial charge in [-0.2, -0.15) is 4.31 Å². The summed E-state index contributed by atoms with van der Waals surface area (Å²) in [5.41, 5.74) is 3.13. The van der Waals surface area contributed by atoms with Crippen molar-refractivity contribution in [3.05, 3.63) is 30.1 Å². The van der Waals surface area contributed by atoms with Crippen LogP contribution in [0, 0.1) is 5.82 Å². The van der Waals surface area contributed by atoms with E-state index in [4.69, 9.17) is 5.73 Å². The highest BCUT2D eigenvalue weighted by Crippen LogP contribution is 2.28. The van der Waals surface area contributed by atoms with Crippen LogP contribution in [0.5, 0.6) is 0 Å². The van der Waals surface area contributed by atoms with E-state index in [2.05, 4.69) is 0 Å². The Morgan fingerprint density at radius 3 is 2.58 bits per heavy atom. The van der Waals surface area contributed by atoms with E-state index in [-0.39, 0.29) is 13.0 Å². The largest absolute Gasteiger partial charge is 0.379 e. The summed E-state index contributed by atoms with van der Waals surface area (Å²) in [7, 11) is -4.08. The van der Waals surface area contributed by atoms with Gasteiger partial charge in [-0.3, -0.25) is 4.79 Å². The highest BCUT2D eigenvalue weighted by Gasteiger charge is 2.46. The number of rotatable bonds is 3. The quantitative estimate of drug-likeness (QED) is 0.778. The summed E-state index contributed by atoms with van der Waals surface area (Å²) >= 11 is 0. The van der Waals surface area contributed by atoms with Crippen LogP contribution in [0.25, 0.3) is 0 Å². The van der Waals surface area contributed by atoms with Crippen molar-refractivity contribution >= 4 is 15.9 Å². The number of amides is 1. The van der Waals surface area contributed by atoms with Crippen LogP contribution in [-0.4, -0.2) is 42.4 Å². The molecule has 1 unspecified atom stereocenters. The Labute approximate surface area is 109 Å². The molecular formula is C11H13FN2O4S. The number of primary amides is 1. The number of halogens is 1. The van der Waals surface area contributed by atoms with Gasteiger partial charge in [-0.25, -0.2) is 12.8 Å². The third-order valence-corrected chi connectivity index (χ3v) is 5.00. The molecule has 0 aromatic heterocycles. The fraction of sp³-hybridized carbons (Fsp3) is 0.364. The molecule has 8 heteroatoms. The van der Waals surface area contributed by atoms with Gasteiger partial charge in [0, 0.05) is 13.0 Å². The number of sulfonamides is 1. The molecule has 0 saturated carbocycles. The lowest BCUT2D eigenvalue weighted by atomic mass is 10.0. The van der Waals surface area contributed by atoms with Gasteiger partial charge in [0.05, 0.1) is 6.54 Å². The number of aliphatic hydroxyl groups is 1. The van der Waals surface area contributed by atoms with Gasteiger partial charge in [-0.15, -0.1) is 0 Å². The van der Waals surface area contributed by atoms with E-state index in [0.29, 0.717) is 0 Å². The lowest BCUT2D eigenvalue weighted by Crippen LogP contribution is -2.46. The monoisotopic (exact) mass is 288 g/mol. The molecule has 0 aliphatic carbocycles. The zero-order valence-electron chi connectivity index (χ0n) is 9.91. The maximum atomic E-state index is 13.5. The minimum atomic E-state index is -4.08. The van der Waals surface area contributed by atoms with Crippen LogP contribution < -0.4 is 5.73 Å². The topological polar surface area (TPSA) is 101 Å². The van der Waals surface area contributed by atoms with Crippen molar-refractivity contribution in [1.82, 2.24) is 4.31 Å². The highest BCUT2D eigenvalue weighted by molar-refractivity contribution is 7.89. The first-order chi connectivity index (χ1) is 8.77. The van der Waals surface area contributed by atoms with E-state index >= 15 is 0 Å². The predicted molar refractivity (Wildman–Crippen MR) is 63.9 cm³/mol. The average Bonchev–Trinajstić information content (AvgIpc) is 2.74. The Morgan fingerprint density at radius 2 is 2.05 bits per heavy atom. The smallest absolute Gasteiger partial charge is 0.250 e. The molecule has 104 valence electrons. The summed E-state index contributed by atoms with van der Waals surface area (Å²) in [6.07, 6.45) is -0.101. The lowest BCUT2D eigenvalue weighted by Gasteiger charge is -2.20. The highest BCUT2D eigenvalue weighted by atomic mass is 32.2. The molecule has 1 amide bonds. The molecule has 3 N–H and O–H groups in total. The second-order valence-corrected chi connectivity index (χ2v) is 6.32. The maximum absolute atomic E-state index is 13.5. The van der Waals surface area contributed by atoms with Crippen LogP contribution in [-0.2, 0) is 14.8 Å². The molecule has 0 radical (unpaired) electrons. The van der Waals surface area contributed by atoms with Gasteiger partial charge in [0.1, 0.15) is 10.7 Å². The van der Waals surface area contributed by atoms with Crippen LogP contribution in [0.3, 0.4) is 0 Å². The third-order valence-electron chi connectivity index (χ3n) is 3.13. The van der Waals surface area contributed by atoms with Gasteiger partial charge in [0.2, 0.25) is 10.0 Å². The Bertz CT molecular complexity index is 619. The van der Waals surface area contributed by atoms with Crippen LogP contribution in [0.1, 0.15) is 6.42 Å². The van der Waals surface area contributed by atoms with E-state index in [1.54, 1.807) is 0 Å². The molecule has 6 nitrogen and oxygen atoms in total. The molecule has 19 heavy (non-hydrogen) atoms. The second kappa shape index (κ2) is 4.55. The summed E-state index contributed by atoms with van der Waals surface area (Å²) in [4.78, 5) is 10.6. The minimum Gasteiger partial charge on any atom is -0.379 e. The normalized spacial score (nSPS) is 24.5. The number of carbonyl (C=O) groups excluding carboxylic acids is 1. The minimum absolute atomic E-state index is 0.0872. The van der Waals surface area contributed by atoms with Crippen LogP contribution in [0.4, 0.5) is 4.39 Å². The van der Waals surface area contributed by atoms with Crippen molar-refractivity contribution in [1.29, 1.82) is 0 Å². The van der Waals surface area contributed by atoms with E-state index < -0.39 is 38.8 Å². The Balaban J connectivity index is 2.34. The number of nitrogens with zero attached hydrogens (tertiary/aromatic N) is 1. The summed E-state index contributed by atoms with van der Waals surface area (Å²) < 4.78 is 38.8. The molecule has 1 atom stereocenters. The molecule has 2 rings (SSSR count). The van der Waals surface area contributed by atoms with Gasteiger partial charge in [0.25, 0.3) is 5.91 Å². The average molecular weight is 288 g/mol. The third kappa shape index (κ3) is 2.34. The molecule has 1 aliphatic heterocycles. The zero-order chi connectivity index (χ0) is 14.3. The SMILES string of the molecule is NC(=O)C1(O)CCN(S(=O)(=O)c2ccccc2F)C1. The van der Waals surface area contributed by atoms with Gasteiger partial charge in [-0.1, -0.05) is 12.1 Å². The maximum Gasteiger partial charge on any atom is 0.250 e. The molecule has 0 spiro atoms. The summed E-state index contributed by atoms with van der Waals surface area (Å²) in [5, 5.41) is 9.84. The number of benzene rings is 1. The number of hydrogen-bond donors (Lipinski definition) is 2. The van der Waals surface area contributed by atoms with Crippen LogP contribution in [0.2, 0.25) is 0 Å². The van der Waals surface area contributed by atoms with Gasteiger partial charge >= 0.3 is 0 Å². The standard InChI is InChI=1S/C11H13FN2O4S/c12-8-3-1-2-4-9(8)19(17,18)14-6-5-11(16,7-14)10(13)15/h1-4,16H,5-7H2,(H2,13,15). The first-order valence-corrected chi connectivity index (χ1v) is 6.98. The molecule has 0 bridgehead atoms. The molecule has 1 saturated heterocycles. The summed E-state index contributed by atoms with van der Waals surface area (Å²) in [6.45, 7) is -0.547. The van der Waals surface area contributed by atoms with Crippen LogP contribution in [0.15, 0.2) is 29.2 Å². The molecule has 1 aromatic rings. The van der Waals surface area contributed by atoms with Crippen LogP contribution >= 0.6 is 0 Å². The van der Waals surface area contributed by atoms with E-state index in [1.807, 2.05) is 0 Å². The van der Waals surface area contributed by atoms with Crippen molar-refractivity contribution in [3.63, 3.8) is 0 Å². The summed E-state index contributed by atoms with van der Waals surface area (Å²) in [5.74, 6) is -1.87. The predicted octanol–water partition coefficient (Wildman–Crippen LogP) is -0.563. The van der Waals surface area contributed by atoms with Gasteiger partial charge < -0.3 is 10.8 Å². The molecular weight excluding hydrogens is 275 g/mol. The lowest BCUT2D eigenvalue weighted by molar-refractivity contribution is -0.134. The summed E-state index contributed by atoms with van der Waals surface area (Å²) in [6, 6.07) is 4.93. The van der Waals surface area contributed by atoms with Crippen molar-refractivity contribution < 1.29 is 22.7 Å². The van der Waals surface area contributed by atoms with E-state index in [0.717, 1.165) is 16.4 Å². The fourth-order valence-electron chi connectivity index (χ4n) is 1.96. The molecule has 1 heterocycles. The van der Waals surface area contributed by atoms with Gasteiger partial charge in [0.15, 0.2) is 5.60 Å². The Morgan fingerprint density at radius 1 is 1.42 bits per heavy atom. The van der Waals surface area contributed by atoms with Gasteiger partial charge in [-0.05, 0) is 12.1 Å².